The molecule has 2 rings (SSSR count). The zero-order valence-electron chi connectivity index (χ0n) is 6.40. The Morgan fingerprint density at radius 2 is 1.80 bits per heavy atom. The molecule has 1 saturated heterocycles. The summed E-state index contributed by atoms with van der Waals surface area (Å²) in [5, 5.41) is 0. The lowest BCUT2D eigenvalue weighted by Crippen LogP contribution is -2.32. The van der Waals surface area contributed by atoms with E-state index in [1.54, 1.807) is 0 Å². The van der Waals surface area contributed by atoms with E-state index < -0.39 is 0 Å². The van der Waals surface area contributed by atoms with Crippen LogP contribution in [0.3, 0.4) is 0 Å². The predicted octanol–water partition coefficient (Wildman–Crippen LogP) is 0.901. The molecule has 0 amide bonds. The van der Waals surface area contributed by atoms with Crippen molar-refractivity contribution in [3.63, 3.8) is 0 Å². The number of hydrazine groups is 1. The van der Waals surface area contributed by atoms with E-state index in [9.17, 15) is 0 Å². The first-order valence-electron chi connectivity index (χ1n) is 4.42. The molecule has 1 saturated carbocycles. The molecule has 2 nitrogen and oxygen atoms in total. The fourth-order valence-electron chi connectivity index (χ4n) is 2.31. The van der Waals surface area contributed by atoms with Crippen LogP contribution in [0.5, 0.6) is 0 Å². The van der Waals surface area contributed by atoms with Gasteiger partial charge in [-0.15, -0.1) is 0 Å². The van der Waals surface area contributed by atoms with E-state index in [4.69, 9.17) is 0 Å². The zero-order valence-corrected chi connectivity index (χ0v) is 6.40. The van der Waals surface area contributed by atoms with Gasteiger partial charge in [0.25, 0.3) is 0 Å². The lowest BCUT2D eigenvalue weighted by Gasteiger charge is -2.13. The number of hydrogen-bond donors (Lipinski definition) is 2. The highest BCUT2D eigenvalue weighted by Crippen LogP contribution is 2.33. The van der Waals surface area contributed by atoms with Gasteiger partial charge in [-0.25, -0.2) is 0 Å². The predicted molar refractivity (Wildman–Crippen MR) is 41.5 cm³/mol. The zero-order chi connectivity index (χ0) is 6.81. The van der Waals surface area contributed by atoms with Crippen LogP contribution in [0.4, 0.5) is 0 Å². The van der Waals surface area contributed by atoms with E-state index in [1.165, 1.54) is 38.8 Å². The molecule has 2 N–H and O–H groups in total. The summed E-state index contributed by atoms with van der Waals surface area (Å²) >= 11 is 0. The Balaban J connectivity index is 1.95. The summed E-state index contributed by atoms with van der Waals surface area (Å²) in [4.78, 5) is 0. The van der Waals surface area contributed by atoms with Crippen molar-refractivity contribution in [3.05, 3.63) is 0 Å². The molecule has 2 fully saturated rings. The number of rotatable bonds is 0. The second-order valence-electron chi connectivity index (χ2n) is 3.55. The summed E-state index contributed by atoms with van der Waals surface area (Å²) < 4.78 is 0. The van der Waals surface area contributed by atoms with Crippen molar-refractivity contribution in [2.75, 3.05) is 13.1 Å². The van der Waals surface area contributed by atoms with Crippen LogP contribution in [-0.2, 0) is 0 Å². The van der Waals surface area contributed by atoms with Gasteiger partial charge in [0.2, 0.25) is 0 Å². The summed E-state index contributed by atoms with van der Waals surface area (Å²) in [6.07, 6.45) is 5.79. The summed E-state index contributed by atoms with van der Waals surface area (Å²) in [5.74, 6) is 2.01. The minimum atomic E-state index is 0.981. The molecule has 0 aromatic rings. The summed E-state index contributed by atoms with van der Waals surface area (Å²) in [6, 6.07) is 0. The summed E-state index contributed by atoms with van der Waals surface area (Å²) in [5.41, 5.74) is 6.49. The van der Waals surface area contributed by atoms with E-state index in [0.29, 0.717) is 0 Å². The van der Waals surface area contributed by atoms with Gasteiger partial charge in [-0.1, -0.05) is 12.8 Å². The third kappa shape index (κ3) is 1.18. The smallest absolute Gasteiger partial charge is 0.0131 e. The maximum absolute atomic E-state index is 3.27. The summed E-state index contributed by atoms with van der Waals surface area (Å²) in [7, 11) is 0. The molecule has 2 unspecified atom stereocenters. The van der Waals surface area contributed by atoms with Gasteiger partial charge < -0.3 is 0 Å². The lowest BCUT2D eigenvalue weighted by molar-refractivity contribution is 0.387. The second-order valence-corrected chi connectivity index (χ2v) is 3.55. The van der Waals surface area contributed by atoms with Crippen LogP contribution in [-0.4, -0.2) is 13.1 Å². The lowest BCUT2D eigenvalue weighted by atomic mass is 9.94. The molecular formula is C8H16N2. The van der Waals surface area contributed by atoms with E-state index in [-0.39, 0.29) is 0 Å². The van der Waals surface area contributed by atoms with Crippen LogP contribution in [0.2, 0.25) is 0 Å². The van der Waals surface area contributed by atoms with Crippen molar-refractivity contribution in [2.24, 2.45) is 11.8 Å². The second kappa shape index (κ2) is 2.89. The van der Waals surface area contributed by atoms with Gasteiger partial charge in [0, 0.05) is 13.1 Å². The minimum Gasteiger partial charge on any atom is -0.258 e. The molecule has 0 bridgehead atoms. The topological polar surface area (TPSA) is 24.1 Å². The van der Waals surface area contributed by atoms with Gasteiger partial charge in [0.1, 0.15) is 0 Å². The number of fused-ring (bicyclic) bond motifs is 1. The average molecular weight is 140 g/mol. The van der Waals surface area contributed by atoms with Crippen molar-refractivity contribution >= 4 is 0 Å². The quantitative estimate of drug-likeness (QED) is 0.522. The molecule has 0 aromatic carbocycles. The molecule has 2 heteroatoms. The molecule has 1 heterocycles. The molecule has 10 heavy (non-hydrogen) atoms. The van der Waals surface area contributed by atoms with Crippen molar-refractivity contribution in [2.45, 2.75) is 25.7 Å². The molecule has 0 spiro atoms. The molecule has 2 aliphatic rings. The van der Waals surface area contributed by atoms with Crippen LogP contribution >= 0.6 is 0 Å². The molecule has 0 radical (unpaired) electrons. The first kappa shape index (κ1) is 6.62. The molecular weight excluding hydrogens is 124 g/mol. The first-order valence-corrected chi connectivity index (χ1v) is 4.42. The van der Waals surface area contributed by atoms with Gasteiger partial charge in [-0.05, 0) is 24.7 Å². The van der Waals surface area contributed by atoms with Gasteiger partial charge in [0.15, 0.2) is 0 Å². The van der Waals surface area contributed by atoms with Crippen LogP contribution < -0.4 is 10.9 Å². The van der Waals surface area contributed by atoms with Gasteiger partial charge in [-0.3, -0.25) is 10.9 Å². The largest absolute Gasteiger partial charge is 0.258 e. The Labute approximate surface area is 62.4 Å². The highest BCUT2D eigenvalue weighted by molar-refractivity contribution is 4.80. The molecule has 1 aliphatic carbocycles. The monoisotopic (exact) mass is 140 g/mol. The third-order valence-electron chi connectivity index (χ3n) is 2.95. The Hall–Kier alpha value is -0.0800. The Morgan fingerprint density at radius 3 is 2.80 bits per heavy atom. The van der Waals surface area contributed by atoms with E-state index in [2.05, 4.69) is 10.9 Å². The van der Waals surface area contributed by atoms with Crippen LogP contribution in [0.15, 0.2) is 0 Å². The fourth-order valence-corrected chi connectivity index (χ4v) is 2.31. The highest BCUT2D eigenvalue weighted by atomic mass is 15.3. The van der Waals surface area contributed by atoms with Crippen molar-refractivity contribution < 1.29 is 0 Å². The number of nitrogens with one attached hydrogen (secondary N) is 2. The van der Waals surface area contributed by atoms with Crippen molar-refractivity contribution in [1.82, 2.24) is 10.9 Å². The maximum atomic E-state index is 3.27. The molecule has 58 valence electrons. The molecule has 1 aliphatic heterocycles. The highest BCUT2D eigenvalue weighted by Gasteiger charge is 2.27. The Kier molecular flexibility index (Phi) is 1.91. The van der Waals surface area contributed by atoms with Crippen molar-refractivity contribution in [3.8, 4) is 0 Å². The average Bonchev–Trinajstić information content (AvgIpc) is 2.28. The minimum absolute atomic E-state index is 0.981. The standard InChI is InChI=1S/C8H16N2/c1-2-7-4-5-9-10-6-8(7)3-1/h7-10H,1-6H2. The van der Waals surface area contributed by atoms with Gasteiger partial charge in [0.05, 0.1) is 0 Å². The van der Waals surface area contributed by atoms with E-state index >= 15 is 0 Å². The van der Waals surface area contributed by atoms with E-state index in [1.807, 2.05) is 0 Å². The third-order valence-corrected chi connectivity index (χ3v) is 2.95. The van der Waals surface area contributed by atoms with Gasteiger partial charge in [-0.2, -0.15) is 0 Å². The fraction of sp³-hybridized carbons (Fsp3) is 1.00. The van der Waals surface area contributed by atoms with Crippen LogP contribution in [0, 0.1) is 11.8 Å². The normalized spacial score (nSPS) is 40.8. The van der Waals surface area contributed by atoms with Crippen molar-refractivity contribution in [1.29, 1.82) is 0 Å². The number of hydrogen-bond acceptors (Lipinski definition) is 2. The molecule has 2 atom stereocenters. The van der Waals surface area contributed by atoms with E-state index in [0.717, 1.165) is 11.8 Å². The summed E-state index contributed by atoms with van der Waals surface area (Å²) in [6.45, 7) is 2.37. The molecule has 0 aromatic heterocycles. The Morgan fingerprint density at radius 1 is 0.900 bits per heavy atom. The Bertz CT molecular complexity index is 102. The SMILES string of the molecule is C1CC2CCNNCC2C1. The first-order chi connectivity index (χ1) is 4.97. The van der Waals surface area contributed by atoms with Gasteiger partial charge >= 0.3 is 0 Å². The van der Waals surface area contributed by atoms with Crippen LogP contribution in [0.25, 0.3) is 0 Å². The van der Waals surface area contributed by atoms with Crippen LogP contribution in [0.1, 0.15) is 25.7 Å². The maximum Gasteiger partial charge on any atom is 0.0131 e.